The van der Waals surface area contributed by atoms with Gasteiger partial charge in [-0.1, -0.05) is 231 Å². The summed E-state index contributed by atoms with van der Waals surface area (Å²) in [6, 6.07) is 146. The Balaban J connectivity index is 0.0000000980. The summed E-state index contributed by atoms with van der Waals surface area (Å²) in [7, 11) is 0. The van der Waals surface area contributed by atoms with Crippen LogP contribution >= 0.6 is 34.0 Å². The highest BCUT2D eigenvalue weighted by molar-refractivity contribution is 7.26. The SMILES string of the molecule is c1ccc(-n2c3ccccc3c3c2ccc2c4ccccc4n(-c4ccc5sc6ccccc6c5c4)c23)cc1.c1ccc(-n2c3ccccc3c3c4c5ccccc5n(-c5ccc6sc7ccccc7c6c5)c4ccc32)cc1.c1ccc(-n2c3ccccc3c3ccc4c(c5ccccc5n4-c4ccc5sc6ccccc6c5c4)c32)cc1. The number of hydrogen-bond donors (Lipinski definition) is 0. The molecule has 0 saturated carbocycles. The average molecular weight is 1540 g/mol. The monoisotopic (exact) mass is 1540 g/mol. The largest absolute Gasteiger partial charge is 0.309 e. The van der Waals surface area contributed by atoms with Crippen LogP contribution in [0.4, 0.5) is 0 Å². The van der Waals surface area contributed by atoms with E-state index in [-0.39, 0.29) is 0 Å². The highest BCUT2D eigenvalue weighted by atomic mass is 32.1. The first-order valence-electron chi connectivity index (χ1n) is 39.9. The summed E-state index contributed by atoms with van der Waals surface area (Å²) in [5, 5.41) is 23.4. The van der Waals surface area contributed by atoms with Crippen LogP contribution in [-0.4, -0.2) is 27.4 Å². The van der Waals surface area contributed by atoms with Crippen LogP contribution < -0.4 is 0 Å². The lowest BCUT2D eigenvalue weighted by molar-refractivity contribution is 1.17. The van der Waals surface area contributed by atoms with Crippen LogP contribution in [0.15, 0.2) is 400 Å². The van der Waals surface area contributed by atoms with E-state index in [0.29, 0.717) is 0 Å². The van der Waals surface area contributed by atoms with E-state index in [9.17, 15) is 0 Å². The van der Waals surface area contributed by atoms with E-state index in [1.807, 2.05) is 34.0 Å². The van der Waals surface area contributed by atoms with Gasteiger partial charge in [0.05, 0.1) is 66.2 Å². The van der Waals surface area contributed by atoms with Crippen molar-refractivity contribution in [3.05, 3.63) is 400 Å². The summed E-state index contributed by atoms with van der Waals surface area (Å²) in [5.41, 5.74) is 21.9. The van der Waals surface area contributed by atoms with Gasteiger partial charge in [0, 0.05) is 159 Å². The van der Waals surface area contributed by atoms with Crippen LogP contribution in [0.2, 0.25) is 0 Å². The molecule has 0 spiro atoms. The summed E-state index contributed by atoms with van der Waals surface area (Å²) in [5.74, 6) is 0. The van der Waals surface area contributed by atoms with Gasteiger partial charge >= 0.3 is 0 Å². The Bertz CT molecular complexity index is 8770. The van der Waals surface area contributed by atoms with E-state index in [4.69, 9.17) is 0 Å². The highest BCUT2D eigenvalue weighted by Gasteiger charge is 2.26. The number of hydrogen-bond acceptors (Lipinski definition) is 3. The maximum Gasteiger partial charge on any atom is 0.0641 e. The number of benzene rings is 18. The molecule has 0 saturated heterocycles. The maximum atomic E-state index is 2.49. The third-order valence-corrected chi connectivity index (χ3v) is 27.8. The van der Waals surface area contributed by atoms with Gasteiger partial charge in [0.1, 0.15) is 0 Å². The number of thiophene rings is 3. The van der Waals surface area contributed by atoms with Gasteiger partial charge in [0.15, 0.2) is 0 Å². The van der Waals surface area contributed by atoms with Gasteiger partial charge in [-0.05, 0) is 170 Å². The van der Waals surface area contributed by atoms with Crippen LogP contribution in [0.5, 0.6) is 0 Å². The molecular weight excluding hydrogens is 1480 g/mol. The number of aromatic nitrogens is 6. The smallest absolute Gasteiger partial charge is 0.0641 e. The lowest BCUT2D eigenvalue weighted by Crippen LogP contribution is -1.95. The molecule has 0 radical (unpaired) electrons. The minimum atomic E-state index is 1.18. The van der Waals surface area contributed by atoms with E-state index in [1.54, 1.807) is 0 Å². The molecule has 27 aromatic rings. The van der Waals surface area contributed by atoms with Crippen LogP contribution in [0.3, 0.4) is 0 Å². The van der Waals surface area contributed by atoms with E-state index < -0.39 is 0 Å². The Labute approximate surface area is 682 Å². The molecule has 0 aliphatic rings. The van der Waals surface area contributed by atoms with E-state index >= 15 is 0 Å². The molecule has 0 amide bonds. The first-order chi connectivity index (χ1) is 58.1. The molecule has 27 rings (SSSR count). The summed E-state index contributed by atoms with van der Waals surface area (Å²) in [4.78, 5) is 0. The van der Waals surface area contributed by atoms with Crippen molar-refractivity contribution in [2.24, 2.45) is 0 Å². The fraction of sp³-hybridized carbons (Fsp3) is 0. The minimum absolute atomic E-state index is 1.18. The summed E-state index contributed by atoms with van der Waals surface area (Å²) in [6.07, 6.45) is 0. The molecule has 117 heavy (non-hydrogen) atoms. The van der Waals surface area contributed by atoms with Crippen molar-refractivity contribution in [2.45, 2.75) is 0 Å². The fourth-order valence-corrected chi connectivity index (χ4v) is 22.7. The first-order valence-corrected chi connectivity index (χ1v) is 42.3. The van der Waals surface area contributed by atoms with Crippen molar-refractivity contribution in [2.75, 3.05) is 0 Å². The zero-order valence-electron chi connectivity index (χ0n) is 63.0. The molecule has 6 nitrogen and oxygen atoms in total. The lowest BCUT2D eigenvalue weighted by atomic mass is 10.1. The second-order valence-electron chi connectivity index (χ2n) is 30.5. The van der Waals surface area contributed by atoms with Gasteiger partial charge in [-0.25, -0.2) is 0 Å². The predicted octanol–water partition coefficient (Wildman–Crippen LogP) is 30.7. The van der Waals surface area contributed by atoms with Gasteiger partial charge in [0.2, 0.25) is 0 Å². The molecular formula is C108H66N6S3. The van der Waals surface area contributed by atoms with E-state index in [1.165, 1.54) is 225 Å². The Morgan fingerprint density at radius 3 is 0.709 bits per heavy atom. The predicted molar refractivity (Wildman–Crippen MR) is 504 cm³/mol. The highest BCUT2D eigenvalue weighted by Crippen LogP contribution is 2.49. The molecule has 9 heterocycles. The third kappa shape index (κ3) is 9.89. The second kappa shape index (κ2) is 26.0. The third-order valence-electron chi connectivity index (χ3n) is 24.3. The van der Waals surface area contributed by atoms with Crippen molar-refractivity contribution < 1.29 is 0 Å². The summed E-state index contributed by atoms with van der Waals surface area (Å²) < 4.78 is 22.6. The number of para-hydroxylation sites is 9. The molecule has 0 aliphatic heterocycles. The molecule has 18 aromatic carbocycles. The number of fused-ring (bicyclic) bond motifs is 30. The van der Waals surface area contributed by atoms with Crippen LogP contribution in [-0.2, 0) is 0 Å². The van der Waals surface area contributed by atoms with Crippen LogP contribution in [0, 0.1) is 0 Å². The number of nitrogens with zero attached hydrogens (tertiary/aromatic N) is 6. The summed E-state index contributed by atoms with van der Waals surface area (Å²) >= 11 is 5.60. The second-order valence-corrected chi connectivity index (χ2v) is 33.8. The van der Waals surface area contributed by atoms with Crippen molar-refractivity contribution in [3.8, 4) is 34.1 Å². The van der Waals surface area contributed by atoms with Crippen molar-refractivity contribution in [1.82, 2.24) is 27.4 Å². The van der Waals surface area contributed by atoms with Gasteiger partial charge in [0.25, 0.3) is 0 Å². The van der Waals surface area contributed by atoms with Crippen LogP contribution in [0.25, 0.3) is 225 Å². The molecule has 9 heteroatoms. The topological polar surface area (TPSA) is 29.6 Å². The van der Waals surface area contributed by atoms with E-state index in [2.05, 4.69) is 428 Å². The van der Waals surface area contributed by atoms with Crippen molar-refractivity contribution in [1.29, 1.82) is 0 Å². The zero-order chi connectivity index (χ0) is 76.5. The van der Waals surface area contributed by atoms with Crippen molar-refractivity contribution >= 4 is 225 Å². The first kappa shape index (κ1) is 65.9. The lowest BCUT2D eigenvalue weighted by Gasteiger charge is -2.10. The normalized spacial score (nSPS) is 12.1. The Morgan fingerprint density at radius 1 is 0.128 bits per heavy atom. The molecule has 0 unspecified atom stereocenters. The van der Waals surface area contributed by atoms with Crippen LogP contribution in [0.1, 0.15) is 0 Å². The van der Waals surface area contributed by atoms with E-state index in [0.717, 1.165) is 0 Å². The Hall–Kier alpha value is -14.6. The van der Waals surface area contributed by atoms with Crippen molar-refractivity contribution in [3.63, 3.8) is 0 Å². The molecule has 0 atom stereocenters. The molecule has 0 fully saturated rings. The molecule has 0 bridgehead atoms. The quantitative estimate of drug-likeness (QED) is 0.159. The van der Waals surface area contributed by atoms with Gasteiger partial charge in [-0.15, -0.1) is 34.0 Å². The molecule has 546 valence electrons. The number of rotatable bonds is 6. The molecule has 9 aromatic heterocycles. The molecule has 0 aliphatic carbocycles. The standard InChI is InChI=1S/3C36H22N2S/c1-2-10-23(11-3-1)37-29-15-7-4-13-26(29)35-31(37)19-20-32-36(35)27-14-5-8-16-30(27)38(32)24-18-21-34-28(22-24)25-12-6-9-17-33(25)39-34;1-2-10-23(11-3-1)38-30-15-7-4-12-25(30)27-19-20-32-35(36(27)38)28-14-5-8-16-31(28)37(32)24-18-21-34-29(22-24)26-13-6-9-17-33(26)39-34;1-2-10-23(11-3-1)37-31-16-8-5-14-28(31)35-32(37)20-19-27-25-12-4-7-15-30(25)38(36(27)35)24-18-21-34-29(22-24)26-13-6-9-17-33(26)39-34/h3*1-22H. The minimum Gasteiger partial charge on any atom is -0.309 e. The molecule has 0 N–H and O–H groups in total. The van der Waals surface area contributed by atoms with Gasteiger partial charge in [-0.3, -0.25) is 0 Å². The average Bonchev–Trinajstić information content (AvgIpc) is 1.55. The van der Waals surface area contributed by atoms with Gasteiger partial charge in [-0.2, -0.15) is 0 Å². The van der Waals surface area contributed by atoms with Gasteiger partial charge < -0.3 is 27.4 Å². The summed E-state index contributed by atoms with van der Waals surface area (Å²) in [6.45, 7) is 0. The fourth-order valence-electron chi connectivity index (χ4n) is 19.5. The Kier molecular flexibility index (Phi) is 14.6. The Morgan fingerprint density at radius 2 is 0.359 bits per heavy atom. The maximum absolute atomic E-state index is 2.49. The zero-order valence-corrected chi connectivity index (χ0v) is 65.5.